The number of rotatable bonds is 3. The molecule has 0 bridgehead atoms. The molecule has 0 saturated carbocycles. The summed E-state index contributed by atoms with van der Waals surface area (Å²) in [6.45, 7) is 2.02. The molecule has 1 fully saturated rings. The Bertz CT molecular complexity index is 432. The fraction of sp³-hybridized carbons (Fsp3) is 0.538. The Hall–Kier alpha value is -0.710. The average Bonchev–Trinajstić information content (AvgIpc) is 2.30. The minimum atomic E-state index is -2.91. The summed E-state index contributed by atoms with van der Waals surface area (Å²) in [5.41, 5.74) is 0. The Morgan fingerprint density at radius 3 is 2.35 bits per heavy atom. The van der Waals surface area contributed by atoms with Gasteiger partial charge < -0.3 is 5.32 Å². The Balaban J connectivity index is 2.18. The highest BCUT2D eigenvalue weighted by atomic mass is 32.3. The van der Waals surface area contributed by atoms with Gasteiger partial charge in [0.25, 0.3) is 0 Å². The van der Waals surface area contributed by atoms with Crippen LogP contribution >= 0.6 is 0 Å². The van der Waals surface area contributed by atoms with Crippen molar-refractivity contribution in [1.29, 1.82) is 0 Å². The fourth-order valence-electron chi connectivity index (χ4n) is 2.31. The van der Waals surface area contributed by atoms with Gasteiger partial charge in [0, 0.05) is 23.4 Å². The molecule has 0 aliphatic carbocycles. The molecule has 1 aliphatic rings. The average molecular weight is 254 g/mol. The third-order valence-electron chi connectivity index (χ3n) is 3.28. The first kappa shape index (κ1) is 12.7. The van der Waals surface area contributed by atoms with Crippen LogP contribution in [0.1, 0.15) is 12.8 Å². The molecule has 0 atom stereocenters. The van der Waals surface area contributed by atoms with E-state index in [1.54, 1.807) is 0 Å². The monoisotopic (exact) mass is 254 g/mol. The van der Waals surface area contributed by atoms with E-state index in [4.69, 9.17) is 0 Å². The lowest BCUT2D eigenvalue weighted by Crippen LogP contribution is -2.53. The smallest absolute Gasteiger partial charge is 0.0291 e. The largest absolute Gasteiger partial charge is 0.317 e. The van der Waals surface area contributed by atoms with Gasteiger partial charge in [-0.2, -0.15) is 0 Å². The summed E-state index contributed by atoms with van der Waals surface area (Å²) in [7, 11) is -2.91. The molecule has 96 valence electrons. The molecule has 0 spiro atoms. The third-order valence-corrected chi connectivity index (χ3v) is 5.94. The van der Waals surface area contributed by atoms with Crippen LogP contribution in [0.3, 0.4) is 0 Å². The van der Waals surface area contributed by atoms with Crippen molar-refractivity contribution in [2.45, 2.75) is 23.8 Å². The highest BCUT2D eigenvalue weighted by Crippen LogP contribution is 2.27. The lowest BCUT2D eigenvalue weighted by Gasteiger charge is -2.40. The van der Waals surface area contributed by atoms with Crippen LogP contribution in [-0.2, 0) is 9.25 Å². The second kappa shape index (κ2) is 4.52. The molecule has 1 heterocycles. The van der Waals surface area contributed by atoms with Crippen molar-refractivity contribution in [2.24, 2.45) is 0 Å². The molecule has 17 heavy (non-hydrogen) atoms. The van der Waals surface area contributed by atoms with Gasteiger partial charge in [-0.1, -0.05) is 18.2 Å². The second-order valence-corrected chi connectivity index (χ2v) is 9.64. The van der Waals surface area contributed by atoms with Gasteiger partial charge in [-0.3, -0.25) is 8.93 Å². The number of nitrogens with one attached hydrogen (secondary N) is 2. The normalized spacial score (nSPS) is 20.7. The van der Waals surface area contributed by atoms with Gasteiger partial charge in [0.2, 0.25) is 0 Å². The van der Waals surface area contributed by atoms with Crippen molar-refractivity contribution >= 4 is 9.25 Å². The van der Waals surface area contributed by atoms with Crippen LogP contribution in [-0.4, -0.2) is 35.9 Å². The molecule has 2 rings (SSSR count). The SMILES string of the molecule is CS(C)(=O)(NC1CCNCC1)c1ccccc1. The van der Waals surface area contributed by atoms with Gasteiger partial charge in [0.1, 0.15) is 0 Å². The zero-order valence-electron chi connectivity index (χ0n) is 10.6. The van der Waals surface area contributed by atoms with Crippen LogP contribution in [0, 0.1) is 0 Å². The van der Waals surface area contributed by atoms with E-state index in [9.17, 15) is 4.21 Å². The molecule has 1 saturated heterocycles. The molecule has 4 heteroatoms. The van der Waals surface area contributed by atoms with Crippen molar-refractivity contribution < 1.29 is 4.21 Å². The first-order valence-corrected chi connectivity index (χ1v) is 8.90. The van der Waals surface area contributed by atoms with E-state index in [2.05, 4.69) is 10.0 Å². The van der Waals surface area contributed by atoms with Crippen LogP contribution in [0.15, 0.2) is 35.2 Å². The maximum Gasteiger partial charge on any atom is 0.0291 e. The van der Waals surface area contributed by atoms with Crippen LogP contribution in [0.5, 0.6) is 0 Å². The van der Waals surface area contributed by atoms with Crippen LogP contribution in [0.4, 0.5) is 0 Å². The van der Waals surface area contributed by atoms with Crippen LogP contribution < -0.4 is 10.0 Å². The highest BCUT2D eigenvalue weighted by Gasteiger charge is 2.30. The van der Waals surface area contributed by atoms with E-state index in [1.807, 2.05) is 42.8 Å². The van der Waals surface area contributed by atoms with Crippen molar-refractivity contribution in [3.05, 3.63) is 30.3 Å². The summed E-state index contributed by atoms with van der Waals surface area (Å²) in [5, 5.41) is 3.32. The lowest BCUT2D eigenvalue weighted by atomic mass is 10.1. The molecule has 0 unspecified atom stereocenters. The van der Waals surface area contributed by atoms with Crippen molar-refractivity contribution in [2.75, 3.05) is 25.6 Å². The predicted molar refractivity (Wildman–Crippen MR) is 73.7 cm³/mol. The molecule has 3 nitrogen and oxygen atoms in total. The summed E-state index contributed by atoms with van der Waals surface area (Å²) >= 11 is 0. The quantitative estimate of drug-likeness (QED) is 0.855. The molecule has 1 aromatic rings. The number of piperidine rings is 1. The molecule has 1 aliphatic heterocycles. The van der Waals surface area contributed by atoms with Gasteiger partial charge in [-0.15, -0.1) is 0 Å². The maximum absolute atomic E-state index is 13.1. The topological polar surface area (TPSA) is 41.1 Å². The summed E-state index contributed by atoms with van der Waals surface area (Å²) in [5.74, 6) is 0. The van der Waals surface area contributed by atoms with E-state index in [1.165, 1.54) is 0 Å². The van der Waals surface area contributed by atoms with Gasteiger partial charge >= 0.3 is 0 Å². The Morgan fingerprint density at radius 2 is 1.76 bits per heavy atom. The zero-order valence-corrected chi connectivity index (χ0v) is 11.4. The van der Waals surface area contributed by atoms with E-state index in [-0.39, 0.29) is 0 Å². The van der Waals surface area contributed by atoms with Crippen LogP contribution in [0.2, 0.25) is 0 Å². The Kier molecular flexibility index (Phi) is 3.39. The first-order valence-electron chi connectivity index (χ1n) is 6.11. The summed E-state index contributed by atoms with van der Waals surface area (Å²) < 4.78 is 16.5. The Labute approximate surface area is 104 Å². The van der Waals surface area contributed by atoms with E-state index >= 15 is 0 Å². The van der Waals surface area contributed by atoms with E-state index < -0.39 is 9.25 Å². The number of hydrogen-bond donors (Lipinski definition) is 2. The summed E-state index contributed by atoms with van der Waals surface area (Å²) in [4.78, 5) is 0.906. The highest BCUT2D eigenvalue weighted by molar-refractivity contribution is 8.17. The molecular formula is C13H22N2OS. The predicted octanol–water partition coefficient (Wildman–Crippen LogP) is 1.38. The summed E-state index contributed by atoms with van der Waals surface area (Å²) in [6.07, 6.45) is 5.77. The van der Waals surface area contributed by atoms with Gasteiger partial charge in [0.15, 0.2) is 0 Å². The molecule has 1 aromatic carbocycles. The van der Waals surface area contributed by atoms with Crippen molar-refractivity contribution in [3.8, 4) is 0 Å². The van der Waals surface area contributed by atoms with E-state index in [0.717, 1.165) is 30.8 Å². The fourth-order valence-corrected chi connectivity index (χ4v) is 4.60. The van der Waals surface area contributed by atoms with Gasteiger partial charge in [-0.05, 0) is 47.3 Å². The zero-order chi connectivity index (χ0) is 12.4. The van der Waals surface area contributed by atoms with Gasteiger partial charge in [0.05, 0.1) is 0 Å². The number of hydrogen-bond acceptors (Lipinski definition) is 2. The number of benzene rings is 1. The molecule has 2 N–H and O–H groups in total. The third kappa shape index (κ3) is 3.15. The summed E-state index contributed by atoms with van der Waals surface area (Å²) in [6, 6.07) is 10.1. The molecule has 0 amide bonds. The molecule has 0 aromatic heterocycles. The Morgan fingerprint density at radius 1 is 1.18 bits per heavy atom. The van der Waals surface area contributed by atoms with Gasteiger partial charge in [-0.25, -0.2) is 0 Å². The standard InChI is InChI=1S/C13H22N2OS/c1-17(2,16,13-6-4-3-5-7-13)15-12-8-10-14-11-9-12/h3-7,12,14H,8-11H2,1-2H3,(H,15,16). The van der Waals surface area contributed by atoms with Crippen LogP contribution in [0.25, 0.3) is 0 Å². The lowest BCUT2D eigenvalue weighted by molar-refractivity contribution is 0.431. The van der Waals surface area contributed by atoms with Crippen molar-refractivity contribution in [1.82, 2.24) is 10.0 Å². The maximum atomic E-state index is 13.1. The minimum Gasteiger partial charge on any atom is -0.317 e. The van der Waals surface area contributed by atoms with E-state index in [0.29, 0.717) is 6.04 Å². The second-order valence-electron chi connectivity index (χ2n) is 5.28. The molecular weight excluding hydrogens is 232 g/mol. The minimum absolute atomic E-state index is 0.353. The van der Waals surface area contributed by atoms with Crippen molar-refractivity contribution in [3.63, 3.8) is 0 Å². The molecule has 0 radical (unpaired) electrons. The first-order chi connectivity index (χ1) is 7.96.